The Kier molecular flexibility index (Phi) is 5.89. The minimum atomic E-state index is -4.46. The van der Waals surface area contributed by atoms with Gasteiger partial charge in [-0.2, -0.15) is 13.2 Å². The third-order valence-corrected chi connectivity index (χ3v) is 6.82. The molecule has 1 amide bonds. The summed E-state index contributed by atoms with van der Waals surface area (Å²) in [4.78, 5) is 25.5. The molecule has 1 aliphatic rings. The summed E-state index contributed by atoms with van der Waals surface area (Å²) in [6, 6.07) is 11.2. The second-order valence-electron chi connectivity index (χ2n) is 9.43. The lowest BCUT2D eigenvalue weighted by Gasteiger charge is -2.14. The first-order valence-electron chi connectivity index (χ1n) is 12.1. The molecule has 0 saturated heterocycles. The predicted octanol–water partition coefficient (Wildman–Crippen LogP) is 5.28. The van der Waals surface area contributed by atoms with Gasteiger partial charge in [0.1, 0.15) is 22.7 Å². The molecule has 4 aromatic heterocycles. The number of aromatic nitrogens is 5. The number of pyridine rings is 1. The SMILES string of the molecule is O=C(Cc1ccc(-c2cnc(Cc3cnc4ccccn34)nc2)cc1F)Nc1cc(C2(C(F)(F)F)CC2)on1. The Morgan fingerprint density at radius 1 is 1.03 bits per heavy atom. The highest BCUT2D eigenvalue weighted by Crippen LogP contribution is 2.59. The lowest BCUT2D eigenvalue weighted by molar-refractivity contribution is -0.165. The number of fused-ring (bicyclic) bond motifs is 1. The fourth-order valence-corrected chi connectivity index (χ4v) is 4.46. The van der Waals surface area contributed by atoms with Crippen molar-refractivity contribution in [3.05, 3.63) is 95.9 Å². The quantitative estimate of drug-likeness (QED) is 0.284. The maximum absolute atomic E-state index is 14.8. The van der Waals surface area contributed by atoms with Gasteiger partial charge in [-0.3, -0.25) is 4.79 Å². The zero-order valence-corrected chi connectivity index (χ0v) is 20.2. The van der Waals surface area contributed by atoms with Gasteiger partial charge in [0, 0.05) is 48.5 Å². The number of rotatable bonds is 7. The van der Waals surface area contributed by atoms with Crippen LogP contribution in [-0.4, -0.2) is 36.6 Å². The number of imidazole rings is 1. The van der Waals surface area contributed by atoms with Crippen LogP contribution in [-0.2, 0) is 23.1 Å². The summed E-state index contributed by atoms with van der Waals surface area (Å²) in [5.41, 5.74) is 0.954. The molecule has 0 bridgehead atoms. The molecule has 4 heterocycles. The summed E-state index contributed by atoms with van der Waals surface area (Å²) in [6.45, 7) is 0. The van der Waals surface area contributed by atoms with E-state index in [2.05, 4.69) is 25.4 Å². The number of benzene rings is 1. The molecule has 1 N–H and O–H groups in total. The van der Waals surface area contributed by atoms with Crippen LogP contribution < -0.4 is 5.32 Å². The monoisotopic (exact) mass is 536 g/mol. The van der Waals surface area contributed by atoms with E-state index in [9.17, 15) is 22.4 Å². The van der Waals surface area contributed by atoms with E-state index in [1.165, 1.54) is 12.1 Å². The second-order valence-corrected chi connectivity index (χ2v) is 9.43. The van der Waals surface area contributed by atoms with Gasteiger partial charge in [0.2, 0.25) is 5.91 Å². The molecule has 0 unspecified atom stereocenters. The topological polar surface area (TPSA) is 98.2 Å². The second kappa shape index (κ2) is 9.29. The van der Waals surface area contributed by atoms with Crippen molar-refractivity contribution in [1.29, 1.82) is 0 Å². The van der Waals surface area contributed by atoms with Crippen LogP contribution in [0.15, 0.2) is 71.8 Å². The van der Waals surface area contributed by atoms with Gasteiger partial charge in [0.05, 0.1) is 6.42 Å². The van der Waals surface area contributed by atoms with Crippen LogP contribution in [0, 0.1) is 5.82 Å². The first-order chi connectivity index (χ1) is 18.7. The fourth-order valence-electron chi connectivity index (χ4n) is 4.46. The average molecular weight is 536 g/mol. The zero-order valence-electron chi connectivity index (χ0n) is 20.2. The summed E-state index contributed by atoms with van der Waals surface area (Å²) < 4.78 is 61.4. The third-order valence-electron chi connectivity index (χ3n) is 6.82. The smallest absolute Gasteiger partial charge is 0.358 e. The molecule has 6 rings (SSSR count). The number of alkyl halides is 3. The summed E-state index contributed by atoms with van der Waals surface area (Å²) in [5, 5.41) is 5.89. The summed E-state index contributed by atoms with van der Waals surface area (Å²) in [5.74, 6) is -1.17. The van der Waals surface area contributed by atoms with Crippen molar-refractivity contribution in [2.45, 2.75) is 37.3 Å². The minimum absolute atomic E-state index is 0.0910. The van der Waals surface area contributed by atoms with Crippen molar-refractivity contribution < 1.29 is 26.9 Å². The molecular weight excluding hydrogens is 516 g/mol. The number of halogens is 4. The molecule has 0 atom stereocenters. The van der Waals surface area contributed by atoms with Gasteiger partial charge in [-0.05, 0) is 42.2 Å². The van der Waals surface area contributed by atoms with Gasteiger partial charge in [-0.1, -0.05) is 23.4 Å². The Morgan fingerprint density at radius 2 is 1.82 bits per heavy atom. The zero-order chi connectivity index (χ0) is 27.2. The molecule has 1 aromatic carbocycles. The van der Waals surface area contributed by atoms with Crippen molar-refractivity contribution >= 4 is 17.4 Å². The Labute approximate surface area is 218 Å². The molecule has 1 saturated carbocycles. The van der Waals surface area contributed by atoms with Crippen LogP contribution in [0.2, 0.25) is 0 Å². The van der Waals surface area contributed by atoms with E-state index >= 15 is 0 Å². The van der Waals surface area contributed by atoms with Crippen molar-refractivity contribution in [2.75, 3.05) is 5.32 Å². The molecule has 198 valence electrons. The molecule has 5 aromatic rings. The van der Waals surface area contributed by atoms with Gasteiger partial charge in [-0.15, -0.1) is 0 Å². The number of carbonyl (C=O) groups is 1. The molecule has 0 aliphatic heterocycles. The number of anilines is 1. The van der Waals surface area contributed by atoms with E-state index in [4.69, 9.17) is 4.52 Å². The van der Waals surface area contributed by atoms with Gasteiger partial charge >= 0.3 is 6.18 Å². The summed E-state index contributed by atoms with van der Waals surface area (Å²) in [6.07, 6.45) is 2.37. The van der Waals surface area contributed by atoms with Gasteiger partial charge in [-0.25, -0.2) is 19.3 Å². The largest absolute Gasteiger partial charge is 0.401 e. The Hall–Kier alpha value is -4.61. The number of amides is 1. The van der Waals surface area contributed by atoms with Crippen molar-refractivity contribution in [2.24, 2.45) is 0 Å². The van der Waals surface area contributed by atoms with Gasteiger partial charge < -0.3 is 14.2 Å². The maximum Gasteiger partial charge on any atom is 0.401 e. The van der Waals surface area contributed by atoms with Gasteiger partial charge in [0.25, 0.3) is 0 Å². The molecular formula is C27H20F4N6O2. The molecule has 39 heavy (non-hydrogen) atoms. The van der Waals surface area contributed by atoms with Crippen LogP contribution in [0.5, 0.6) is 0 Å². The lowest BCUT2D eigenvalue weighted by atomic mass is 10.0. The normalized spacial score (nSPS) is 14.5. The predicted molar refractivity (Wildman–Crippen MR) is 131 cm³/mol. The average Bonchev–Trinajstić information content (AvgIpc) is 3.46. The van der Waals surface area contributed by atoms with Crippen LogP contribution in [0.4, 0.5) is 23.4 Å². The standard InChI is InChI=1S/C27H20F4N6O2/c28-20-9-16(18-13-32-22(33-14-18)11-19-15-34-24-3-1-2-8-37(19)24)4-5-17(20)10-25(38)35-23-12-21(39-36-23)26(6-7-26)27(29,30)31/h1-5,8-9,12-15H,6-7,10-11H2,(H,35,36,38). The molecule has 8 nitrogen and oxygen atoms in total. The van der Waals surface area contributed by atoms with Gasteiger partial charge in [0.15, 0.2) is 11.6 Å². The number of carbonyl (C=O) groups excluding carboxylic acids is 1. The van der Waals surface area contributed by atoms with E-state index in [0.717, 1.165) is 17.4 Å². The summed E-state index contributed by atoms with van der Waals surface area (Å²) >= 11 is 0. The highest BCUT2D eigenvalue weighted by molar-refractivity contribution is 5.91. The highest BCUT2D eigenvalue weighted by atomic mass is 19.4. The molecule has 0 radical (unpaired) electrons. The minimum Gasteiger partial charge on any atom is -0.358 e. The Morgan fingerprint density at radius 3 is 2.54 bits per heavy atom. The number of hydrogen-bond acceptors (Lipinski definition) is 6. The maximum atomic E-state index is 14.8. The number of nitrogens with one attached hydrogen (secondary N) is 1. The van der Waals surface area contributed by atoms with E-state index in [1.54, 1.807) is 24.7 Å². The van der Waals surface area contributed by atoms with Crippen LogP contribution in [0.25, 0.3) is 16.8 Å². The van der Waals surface area contributed by atoms with Crippen LogP contribution >= 0.6 is 0 Å². The fraction of sp³-hybridized carbons (Fsp3) is 0.222. The van der Waals surface area contributed by atoms with E-state index in [0.29, 0.717) is 23.4 Å². The van der Waals surface area contributed by atoms with E-state index in [-0.39, 0.29) is 36.4 Å². The first kappa shape index (κ1) is 24.7. The van der Waals surface area contributed by atoms with Crippen LogP contribution in [0.1, 0.15) is 35.7 Å². The first-order valence-corrected chi connectivity index (χ1v) is 12.1. The lowest BCUT2D eigenvalue weighted by Crippen LogP contribution is -2.28. The third kappa shape index (κ3) is 4.73. The molecule has 0 spiro atoms. The van der Waals surface area contributed by atoms with Crippen molar-refractivity contribution in [1.82, 2.24) is 24.5 Å². The molecule has 1 fully saturated rings. The Bertz CT molecular complexity index is 1670. The Balaban J connectivity index is 1.10. The van der Waals surface area contributed by atoms with Crippen molar-refractivity contribution in [3.63, 3.8) is 0 Å². The van der Waals surface area contributed by atoms with E-state index < -0.39 is 23.3 Å². The highest BCUT2D eigenvalue weighted by Gasteiger charge is 2.66. The molecule has 1 aliphatic carbocycles. The number of hydrogen-bond donors (Lipinski definition) is 1. The van der Waals surface area contributed by atoms with E-state index in [1.807, 2.05) is 28.8 Å². The number of nitrogens with zero attached hydrogens (tertiary/aromatic N) is 5. The van der Waals surface area contributed by atoms with Crippen molar-refractivity contribution in [3.8, 4) is 11.1 Å². The molecule has 12 heteroatoms. The van der Waals surface area contributed by atoms with Crippen LogP contribution in [0.3, 0.4) is 0 Å². The summed E-state index contributed by atoms with van der Waals surface area (Å²) in [7, 11) is 0.